The summed E-state index contributed by atoms with van der Waals surface area (Å²) in [4.78, 5) is 14.6. The fraction of sp³-hybridized carbons (Fsp3) is 0.400. The first-order valence-electron chi connectivity index (χ1n) is 4.80. The van der Waals surface area contributed by atoms with Crippen molar-refractivity contribution in [1.29, 1.82) is 0 Å². The molecule has 0 saturated carbocycles. The van der Waals surface area contributed by atoms with Crippen molar-refractivity contribution in [2.24, 2.45) is 0 Å². The summed E-state index contributed by atoms with van der Waals surface area (Å²) in [5, 5.41) is 0. The van der Waals surface area contributed by atoms with Gasteiger partial charge in [-0.05, 0) is 0 Å². The monoisotopic (exact) mass is 283 g/mol. The largest absolute Gasteiger partial charge is 0.574 e. The van der Waals surface area contributed by atoms with Crippen LogP contribution in [0.15, 0.2) is 6.20 Å². The smallest absolute Gasteiger partial charge is 0.491 e. The average Bonchev–Trinajstić information content (AvgIpc) is 2.35. The van der Waals surface area contributed by atoms with E-state index in [-0.39, 0.29) is 5.56 Å². The molecule has 0 aliphatic carbocycles. The molecule has 0 aliphatic rings. The molecule has 0 radical (unpaired) electrons. The van der Waals surface area contributed by atoms with Gasteiger partial charge in [-0.3, -0.25) is 0 Å². The summed E-state index contributed by atoms with van der Waals surface area (Å²) < 4.78 is 61.8. The molecule has 5 nitrogen and oxygen atoms in total. The molecule has 9 heteroatoms. The second-order valence-electron chi connectivity index (χ2n) is 3.16. The van der Waals surface area contributed by atoms with Crippen LogP contribution in [0, 0.1) is 0 Å². The van der Waals surface area contributed by atoms with E-state index in [1.54, 1.807) is 0 Å². The van der Waals surface area contributed by atoms with Crippen LogP contribution in [0.1, 0.15) is 15.9 Å². The van der Waals surface area contributed by atoms with E-state index in [9.17, 15) is 22.4 Å². The molecular formula is C10H9F4NO4. The number of nitrogens with zero attached hydrogens (tertiary/aromatic N) is 1. The van der Waals surface area contributed by atoms with Crippen molar-refractivity contribution in [3.05, 3.63) is 17.3 Å². The number of halogens is 4. The number of ether oxygens (including phenoxy) is 3. The molecule has 1 aromatic heterocycles. The number of hydrogen-bond donors (Lipinski definition) is 0. The Balaban J connectivity index is 3.34. The highest BCUT2D eigenvalue weighted by molar-refractivity contribution is 5.91. The molecule has 19 heavy (non-hydrogen) atoms. The van der Waals surface area contributed by atoms with E-state index >= 15 is 0 Å². The Morgan fingerprint density at radius 3 is 2.42 bits per heavy atom. The lowest BCUT2D eigenvalue weighted by atomic mass is 10.1. The third kappa shape index (κ3) is 3.46. The lowest BCUT2D eigenvalue weighted by molar-refractivity contribution is -0.276. The topological polar surface area (TPSA) is 57.7 Å². The van der Waals surface area contributed by atoms with E-state index in [1.165, 1.54) is 0 Å². The predicted octanol–water partition coefficient (Wildman–Crippen LogP) is 2.24. The molecule has 0 amide bonds. The average molecular weight is 283 g/mol. The van der Waals surface area contributed by atoms with Crippen LogP contribution >= 0.6 is 0 Å². The van der Waals surface area contributed by atoms with Gasteiger partial charge in [-0.15, -0.1) is 13.2 Å². The zero-order valence-corrected chi connectivity index (χ0v) is 9.88. The summed E-state index contributed by atoms with van der Waals surface area (Å²) >= 11 is 0. The maximum atomic E-state index is 12.9. The summed E-state index contributed by atoms with van der Waals surface area (Å²) in [5.74, 6) is -2.53. The van der Waals surface area contributed by atoms with Crippen molar-refractivity contribution >= 4 is 5.97 Å². The number of carbonyl (C=O) groups is 1. The SMILES string of the molecule is COC(=O)c1cnc(OC(F)(F)F)c(OC)c1CF. The molecule has 106 valence electrons. The van der Waals surface area contributed by atoms with Crippen molar-refractivity contribution in [3.8, 4) is 11.6 Å². The second-order valence-corrected chi connectivity index (χ2v) is 3.16. The molecule has 1 heterocycles. The van der Waals surface area contributed by atoms with Gasteiger partial charge >= 0.3 is 12.3 Å². The molecule has 0 unspecified atom stereocenters. The minimum Gasteiger partial charge on any atom is -0.491 e. The Morgan fingerprint density at radius 1 is 1.37 bits per heavy atom. The minimum atomic E-state index is -5.01. The predicted molar refractivity (Wildman–Crippen MR) is 53.6 cm³/mol. The molecule has 1 aromatic rings. The van der Waals surface area contributed by atoms with Crippen LogP contribution in [0.2, 0.25) is 0 Å². The normalized spacial score (nSPS) is 11.1. The third-order valence-electron chi connectivity index (χ3n) is 2.06. The molecule has 0 spiro atoms. The molecule has 0 bridgehead atoms. The van der Waals surface area contributed by atoms with E-state index in [0.717, 1.165) is 20.4 Å². The molecule has 0 aliphatic heterocycles. The molecule has 0 N–H and O–H groups in total. The minimum absolute atomic E-state index is 0.337. The van der Waals surface area contributed by atoms with Crippen molar-refractivity contribution < 1.29 is 36.6 Å². The number of aromatic nitrogens is 1. The fourth-order valence-electron chi connectivity index (χ4n) is 1.32. The number of alkyl halides is 4. The zero-order valence-electron chi connectivity index (χ0n) is 9.88. The number of pyridine rings is 1. The van der Waals surface area contributed by atoms with Crippen LogP contribution in [-0.2, 0) is 11.4 Å². The molecule has 1 rings (SSSR count). The van der Waals surface area contributed by atoms with Crippen molar-refractivity contribution in [3.63, 3.8) is 0 Å². The van der Waals surface area contributed by atoms with Crippen molar-refractivity contribution in [1.82, 2.24) is 4.98 Å². The fourth-order valence-corrected chi connectivity index (χ4v) is 1.32. The zero-order chi connectivity index (χ0) is 14.6. The molecule has 0 atom stereocenters. The lowest BCUT2D eigenvalue weighted by Crippen LogP contribution is -2.19. The van der Waals surface area contributed by atoms with Crippen LogP contribution < -0.4 is 9.47 Å². The third-order valence-corrected chi connectivity index (χ3v) is 2.06. The van der Waals surface area contributed by atoms with Gasteiger partial charge in [0.15, 0.2) is 5.75 Å². The lowest BCUT2D eigenvalue weighted by Gasteiger charge is -2.15. The first-order valence-corrected chi connectivity index (χ1v) is 4.80. The maximum Gasteiger partial charge on any atom is 0.574 e. The van der Waals surface area contributed by atoms with E-state index in [2.05, 4.69) is 19.2 Å². The number of hydrogen-bond acceptors (Lipinski definition) is 5. The van der Waals surface area contributed by atoms with Crippen LogP contribution in [0.5, 0.6) is 11.6 Å². The van der Waals surface area contributed by atoms with Gasteiger partial charge in [-0.1, -0.05) is 0 Å². The van der Waals surface area contributed by atoms with Gasteiger partial charge in [0, 0.05) is 11.8 Å². The first kappa shape index (κ1) is 15.0. The number of rotatable bonds is 4. The first-order chi connectivity index (χ1) is 8.84. The molecule has 0 saturated heterocycles. The van der Waals surface area contributed by atoms with E-state index in [1.807, 2.05) is 0 Å². The van der Waals surface area contributed by atoms with E-state index < -0.39 is 36.2 Å². The van der Waals surface area contributed by atoms with Gasteiger partial charge in [0.25, 0.3) is 5.88 Å². The molecule has 0 aromatic carbocycles. The Labute approximate surface area is 105 Å². The van der Waals surface area contributed by atoms with Gasteiger partial charge in [0.1, 0.15) is 6.67 Å². The van der Waals surface area contributed by atoms with Gasteiger partial charge < -0.3 is 14.2 Å². The maximum absolute atomic E-state index is 12.9. The van der Waals surface area contributed by atoms with Gasteiger partial charge in [-0.2, -0.15) is 0 Å². The summed E-state index contributed by atoms with van der Waals surface area (Å²) in [7, 11) is 2.04. The Kier molecular flexibility index (Phi) is 4.52. The Morgan fingerprint density at radius 2 is 2.00 bits per heavy atom. The highest BCUT2D eigenvalue weighted by atomic mass is 19.4. The summed E-state index contributed by atoms with van der Waals surface area (Å²) in [5.41, 5.74) is -0.764. The van der Waals surface area contributed by atoms with Gasteiger partial charge in [0.2, 0.25) is 0 Å². The Bertz CT molecular complexity index is 475. The summed E-state index contributed by atoms with van der Waals surface area (Å²) in [6, 6.07) is 0. The summed E-state index contributed by atoms with van der Waals surface area (Å²) in [6.07, 6.45) is -4.29. The van der Waals surface area contributed by atoms with Crippen LogP contribution in [0.4, 0.5) is 17.6 Å². The molecule has 0 fully saturated rings. The highest BCUT2D eigenvalue weighted by Gasteiger charge is 2.34. The van der Waals surface area contributed by atoms with Gasteiger partial charge in [-0.25, -0.2) is 14.2 Å². The number of carbonyl (C=O) groups excluding carboxylic acids is 1. The van der Waals surface area contributed by atoms with Crippen LogP contribution in [0.25, 0.3) is 0 Å². The van der Waals surface area contributed by atoms with Gasteiger partial charge in [0.05, 0.1) is 19.8 Å². The molecular weight excluding hydrogens is 274 g/mol. The van der Waals surface area contributed by atoms with Crippen LogP contribution in [-0.4, -0.2) is 31.5 Å². The summed E-state index contributed by atoms with van der Waals surface area (Å²) in [6.45, 7) is -1.25. The highest BCUT2D eigenvalue weighted by Crippen LogP contribution is 2.35. The standard InChI is InChI=1S/C10H9F4NO4/c1-17-7-5(3-11)6(9(16)18-2)4-15-8(7)19-10(12,13)14/h4H,3H2,1-2H3. The Hall–Kier alpha value is -2.06. The quantitative estimate of drug-likeness (QED) is 0.626. The van der Waals surface area contributed by atoms with E-state index in [4.69, 9.17) is 0 Å². The van der Waals surface area contributed by atoms with E-state index in [0.29, 0.717) is 0 Å². The van der Waals surface area contributed by atoms with Crippen molar-refractivity contribution in [2.75, 3.05) is 14.2 Å². The second kappa shape index (κ2) is 5.72. The van der Waals surface area contributed by atoms with Crippen molar-refractivity contribution in [2.45, 2.75) is 13.0 Å². The number of methoxy groups -OCH3 is 2. The number of esters is 1. The van der Waals surface area contributed by atoms with Crippen LogP contribution in [0.3, 0.4) is 0 Å².